The molecule has 1 atom stereocenters. The van der Waals surface area contributed by atoms with E-state index in [4.69, 9.17) is 0 Å². The Bertz CT molecular complexity index is 185. The SMILES string of the molecule is CCCN(CC1CCCCC1)CC1CCCNC1. The smallest absolute Gasteiger partial charge is 0.00219 e. The molecule has 0 aromatic rings. The minimum Gasteiger partial charge on any atom is -0.316 e. The lowest BCUT2D eigenvalue weighted by atomic mass is 9.88. The highest BCUT2D eigenvalue weighted by atomic mass is 15.1. The Morgan fingerprint density at radius 3 is 2.33 bits per heavy atom. The summed E-state index contributed by atoms with van der Waals surface area (Å²) in [7, 11) is 0. The van der Waals surface area contributed by atoms with Crippen LogP contribution < -0.4 is 5.32 Å². The molecule has 0 spiro atoms. The van der Waals surface area contributed by atoms with Crippen LogP contribution in [-0.2, 0) is 0 Å². The molecule has 2 aliphatic rings. The summed E-state index contributed by atoms with van der Waals surface area (Å²) < 4.78 is 0. The van der Waals surface area contributed by atoms with Crippen LogP contribution in [0.3, 0.4) is 0 Å². The van der Waals surface area contributed by atoms with E-state index in [1.165, 1.54) is 84.1 Å². The van der Waals surface area contributed by atoms with E-state index in [1.54, 1.807) is 0 Å². The summed E-state index contributed by atoms with van der Waals surface area (Å²) >= 11 is 0. The maximum atomic E-state index is 3.56. The molecular weight excluding hydrogens is 220 g/mol. The number of hydrogen-bond acceptors (Lipinski definition) is 2. The summed E-state index contributed by atoms with van der Waals surface area (Å²) in [6, 6.07) is 0. The lowest BCUT2D eigenvalue weighted by Crippen LogP contribution is -2.40. The summed E-state index contributed by atoms with van der Waals surface area (Å²) in [5.41, 5.74) is 0. The zero-order valence-electron chi connectivity index (χ0n) is 12.3. The van der Waals surface area contributed by atoms with E-state index in [2.05, 4.69) is 17.1 Å². The van der Waals surface area contributed by atoms with Gasteiger partial charge in [0.25, 0.3) is 0 Å². The maximum absolute atomic E-state index is 3.56. The average Bonchev–Trinajstić information content (AvgIpc) is 2.41. The van der Waals surface area contributed by atoms with Crippen LogP contribution in [0.15, 0.2) is 0 Å². The molecule has 2 nitrogen and oxygen atoms in total. The van der Waals surface area contributed by atoms with Crippen molar-refractivity contribution in [2.75, 3.05) is 32.7 Å². The van der Waals surface area contributed by atoms with Crippen molar-refractivity contribution >= 4 is 0 Å². The second-order valence-electron chi connectivity index (χ2n) is 6.48. The standard InChI is InChI=1S/C16H32N2/c1-2-11-18(13-15-7-4-3-5-8-15)14-16-9-6-10-17-12-16/h15-17H,2-14H2,1H3. The van der Waals surface area contributed by atoms with Gasteiger partial charge in [0, 0.05) is 13.1 Å². The van der Waals surface area contributed by atoms with Gasteiger partial charge in [-0.1, -0.05) is 26.2 Å². The Labute approximate surface area is 114 Å². The lowest BCUT2D eigenvalue weighted by Gasteiger charge is -2.33. The van der Waals surface area contributed by atoms with E-state index in [-0.39, 0.29) is 0 Å². The van der Waals surface area contributed by atoms with Gasteiger partial charge in [0.1, 0.15) is 0 Å². The highest BCUT2D eigenvalue weighted by Crippen LogP contribution is 2.25. The van der Waals surface area contributed by atoms with Gasteiger partial charge in [-0.25, -0.2) is 0 Å². The molecule has 106 valence electrons. The average molecular weight is 252 g/mol. The van der Waals surface area contributed by atoms with Crippen LogP contribution in [0, 0.1) is 11.8 Å². The first-order valence-electron chi connectivity index (χ1n) is 8.31. The van der Waals surface area contributed by atoms with Gasteiger partial charge in [-0.3, -0.25) is 0 Å². The molecule has 18 heavy (non-hydrogen) atoms. The fraction of sp³-hybridized carbons (Fsp3) is 1.00. The molecule has 0 aromatic carbocycles. The Balaban J connectivity index is 1.74. The van der Waals surface area contributed by atoms with Crippen LogP contribution in [0.25, 0.3) is 0 Å². The van der Waals surface area contributed by atoms with E-state index < -0.39 is 0 Å². The first-order valence-corrected chi connectivity index (χ1v) is 8.31. The van der Waals surface area contributed by atoms with Crippen LogP contribution >= 0.6 is 0 Å². The molecule has 1 N–H and O–H groups in total. The van der Waals surface area contributed by atoms with Gasteiger partial charge >= 0.3 is 0 Å². The van der Waals surface area contributed by atoms with Gasteiger partial charge in [-0.2, -0.15) is 0 Å². The Kier molecular flexibility index (Phi) is 6.50. The second kappa shape index (κ2) is 8.16. The molecule has 1 saturated heterocycles. The van der Waals surface area contributed by atoms with Crippen molar-refractivity contribution in [1.29, 1.82) is 0 Å². The molecule has 1 aliphatic heterocycles. The van der Waals surface area contributed by atoms with Gasteiger partial charge in [-0.05, 0) is 63.6 Å². The molecule has 0 amide bonds. The minimum atomic E-state index is 0.911. The number of hydrogen-bond donors (Lipinski definition) is 1. The van der Waals surface area contributed by atoms with Crippen molar-refractivity contribution in [3.63, 3.8) is 0 Å². The van der Waals surface area contributed by atoms with Gasteiger partial charge in [0.05, 0.1) is 0 Å². The summed E-state index contributed by atoms with van der Waals surface area (Å²) in [4.78, 5) is 2.77. The quantitative estimate of drug-likeness (QED) is 0.780. The van der Waals surface area contributed by atoms with Crippen molar-refractivity contribution in [2.24, 2.45) is 11.8 Å². The number of piperidine rings is 1. The van der Waals surface area contributed by atoms with E-state index >= 15 is 0 Å². The molecule has 2 fully saturated rings. The number of nitrogens with one attached hydrogen (secondary N) is 1. The first-order chi connectivity index (χ1) is 8.88. The molecular formula is C16H32N2. The highest BCUT2D eigenvalue weighted by Gasteiger charge is 2.20. The summed E-state index contributed by atoms with van der Waals surface area (Å²) in [5.74, 6) is 1.91. The molecule has 1 unspecified atom stereocenters. The molecule has 2 rings (SSSR count). The lowest BCUT2D eigenvalue weighted by molar-refractivity contribution is 0.164. The van der Waals surface area contributed by atoms with Crippen molar-refractivity contribution in [2.45, 2.75) is 58.3 Å². The molecule has 1 heterocycles. The van der Waals surface area contributed by atoms with Crippen LogP contribution in [-0.4, -0.2) is 37.6 Å². The normalized spacial score (nSPS) is 26.7. The predicted octanol–water partition coefficient (Wildman–Crippen LogP) is 3.28. The third-order valence-electron chi connectivity index (χ3n) is 4.70. The third kappa shape index (κ3) is 4.89. The molecule has 0 bridgehead atoms. The van der Waals surface area contributed by atoms with Crippen LogP contribution in [0.1, 0.15) is 58.3 Å². The number of rotatable bonds is 6. The topological polar surface area (TPSA) is 15.3 Å². The third-order valence-corrected chi connectivity index (χ3v) is 4.70. The van der Waals surface area contributed by atoms with Crippen molar-refractivity contribution < 1.29 is 0 Å². The van der Waals surface area contributed by atoms with Gasteiger partial charge < -0.3 is 10.2 Å². The Morgan fingerprint density at radius 1 is 0.944 bits per heavy atom. The first kappa shape index (κ1) is 14.3. The fourth-order valence-corrected chi connectivity index (χ4v) is 3.75. The van der Waals surface area contributed by atoms with Gasteiger partial charge in [0.2, 0.25) is 0 Å². The minimum absolute atomic E-state index is 0.911. The zero-order chi connectivity index (χ0) is 12.6. The Hall–Kier alpha value is -0.0800. The largest absolute Gasteiger partial charge is 0.316 e. The van der Waals surface area contributed by atoms with Gasteiger partial charge in [0.15, 0.2) is 0 Å². The van der Waals surface area contributed by atoms with Crippen LogP contribution in [0.4, 0.5) is 0 Å². The summed E-state index contributed by atoms with van der Waals surface area (Å²) in [6.45, 7) is 8.86. The zero-order valence-corrected chi connectivity index (χ0v) is 12.3. The second-order valence-corrected chi connectivity index (χ2v) is 6.48. The van der Waals surface area contributed by atoms with Crippen molar-refractivity contribution in [3.8, 4) is 0 Å². The fourth-order valence-electron chi connectivity index (χ4n) is 3.75. The summed E-state index contributed by atoms with van der Waals surface area (Å²) in [6.07, 6.45) is 11.6. The molecule has 1 aliphatic carbocycles. The van der Waals surface area contributed by atoms with Gasteiger partial charge in [-0.15, -0.1) is 0 Å². The molecule has 0 radical (unpaired) electrons. The van der Waals surface area contributed by atoms with E-state index in [0.29, 0.717) is 0 Å². The summed E-state index contributed by atoms with van der Waals surface area (Å²) in [5, 5.41) is 3.56. The van der Waals surface area contributed by atoms with E-state index in [1.807, 2.05) is 0 Å². The Morgan fingerprint density at radius 2 is 1.67 bits per heavy atom. The highest BCUT2D eigenvalue weighted by molar-refractivity contribution is 4.76. The van der Waals surface area contributed by atoms with Crippen molar-refractivity contribution in [3.05, 3.63) is 0 Å². The molecule has 0 aromatic heterocycles. The maximum Gasteiger partial charge on any atom is 0.00219 e. The van der Waals surface area contributed by atoms with Crippen molar-refractivity contribution in [1.82, 2.24) is 10.2 Å². The monoisotopic (exact) mass is 252 g/mol. The molecule has 1 saturated carbocycles. The van der Waals surface area contributed by atoms with E-state index in [9.17, 15) is 0 Å². The van der Waals surface area contributed by atoms with Crippen LogP contribution in [0.2, 0.25) is 0 Å². The van der Waals surface area contributed by atoms with E-state index in [0.717, 1.165) is 11.8 Å². The van der Waals surface area contributed by atoms with Crippen LogP contribution in [0.5, 0.6) is 0 Å². The number of nitrogens with zero attached hydrogens (tertiary/aromatic N) is 1. The predicted molar refractivity (Wildman–Crippen MR) is 78.9 cm³/mol. The molecule has 2 heteroatoms.